The minimum atomic E-state index is -4.68. The molecule has 4 rings (SSSR count). The molecule has 0 aromatic heterocycles. The highest BCUT2D eigenvalue weighted by atomic mass is 19.4. The Morgan fingerprint density at radius 3 is 2.43 bits per heavy atom. The van der Waals surface area contributed by atoms with Crippen LogP contribution in [0.25, 0.3) is 0 Å². The van der Waals surface area contributed by atoms with Crippen molar-refractivity contribution in [3.8, 4) is 17.6 Å². The van der Waals surface area contributed by atoms with Gasteiger partial charge in [0.05, 0.1) is 0 Å². The molecule has 1 fully saturated rings. The van der Waals surface area contributed by atoms with E-state index >= 15 is 0 Å². The minimum absolute atomic E-state index is 0.231. The molecule has 0 radical (unpaired) electrons. The van der Waals surface area contributed by atoms with Crippen molar-refractivity contribution in [1.82, 2.24) is 0 Å². The van der Waals surface area contributed by atoms with Crippen molar-refractivity contribution in [3.05, 3.63) is 64.7 Å². The fourth-order valence-corrected chi connectivity index (χ4v) is 5.25. The number of benzene rings is 2. The molecule has 0 spiro atoms. The molecule has 3 atom stereocenters. The summed E-state index contributed by atoms with van der Waals surface area (Å²) < 4.78 is 40.7. The molecule has 4 heteroatoms. The van der Waals surface area contributed by atoms with Crippen LogP contribution in [0.2, 0.25) is 0 Å². The molecule has 2 aliphatic carbocycles. The number of hydrogen-bond donors (Lipinski definition) is 0. The van der Waals surface area contributed by atoms with E-state index in [1.807, 2.05) is 0 Å². The molecule has 0 amide bonds. The Labute approximate surface area is 176 Å². The maximum Gasteiger partial charge on any atom is 0.573 e. The van der Waals surface area contributed by atoms with Crippen LogP contribution in [0.4, 0.5) is 13.2 Å². The first-order valence-electron chi connectivity index (χ1n) is 10.9. The third kappa shape index (κ3) is 5.01. The molecule has 0 heterocycles. The lowest BCUT2D eigenvalue weighted by Gasteiger charge is -2.40. The van der Waals surface area contributed by atoms with Crippen molar-refractivity contribution in [3.63, 3.8) is 0 Å². The molecule has 0 aliphatic heterocycles. The normalized spacial score (nSPS) is 23.0. The van der Waals surface area contributed by atoms with Crippen molar-refractivity contribution < 1.29 is 17.9 Å². The van der Waals surface area contributed by atoms with Crippen LogP contribution in [-0.2, 0) is 6.42 Å². The summed E-state index contributed by atoms with van der Waals surface area (Å²) in [5.74, 6) is 8.42. The van der Waals surface area contributed by atoms with Gasteiger partial charge in [0.15, 0.2) is 0 Å². The van der Waals surface area contributed by atoms with Gasteiger partial charge in [-0.2, -0.15) is 0 Å². The zero-order valence-electron chi connectivity index (χ0n) is 17.3. The molecular weight excluding hydrogens is 385 g/mol. The quantitative estimate of drug-likeness (QED) is 0.483. The summed E-state index contributed by atoms with van der Waals surface area (Å²) in [5, 5.41) is 0. The summed E-state index contributed by atoms with van der Waals surface area (Å²) in [4.78, 5) is 0. The average Bonchev–Trinajstić information content (AvgIpc) is 2.72. The second-order valence-electron chi connectivity index (χ2n) is 8.61. The van der Waals surface area contributed by atoms with Crippen LogP contribution in [0.3, 0.4) is 0 Å². The van der Waals surface area contributed by atoms with E-state index in [0.717, 1.165) is 23.8 Å². The number of ether oxygens (including phenoxy) is 1. The van der Waals surface area contributed by atoms with Crippen LogP contribution in [0.15, 0.2) is 42.5 Å². The van der Waals surface area contributed by atoms with Gasteiger partial charge in [0, 0.05) is 11.1 Å². The molecular formula is C26H27F3O. The van der Waals surface area contributed by atoms with Gasteiger partial charge in [-0.3, -0.25) is 0 Å². The first kappa shape index (κ1) is 20.8. The number of halogens is 3. The molecule has 1 saturated carbocycles. The Morgan fingerprint density at radius 2 is 1.70 bits per heavy atom. The van der Waals surface area contributed by atoms with E-state index in [4.69, 9.17) is 0 Å². The fraction of sp³-hybridized carbons (Fsp3) is 0.462. The molecule has 0 saturated heterocycles. The van der Waals surface area contributed by atoms with Gasteiger partial charge in [0.1, 0.15) is 5.75 Å². The number of aryl methyl sites for hydroxylation is 1. The summed E-state index contributed by atoms with van der Waals surface area (Å²) >= 11 is 0. The smallest absolute Gasteiger partial charge is 0.406 e. The molecule has 1 nitrogen and oxygen atoms in total. The molecule has 2 aromatic rings. The number of fused-ring (bicyclic) bond motifs is 3. The van der Waals surface area contributed by atoms with E-state index < -0.39 is 6.36 Å². The highest BCUT2D eigenvalue weighted by Gasteiger charge is 2.34. The highest BCUT2D eigenvalue weighted by molar-refractivity contribution is 5.48. The van der Waals surface area contributed by atoms with E-state index in [9.17, 15) is 13.2 Å². The van der Waals surface area contributed by atoms with Gasteiger partial charge in [-0.05, 0) is 97.4 Å². The van der Waals surface area contributed by atoms with Crippen LogP contribution in [-0.4, -0.2) is 6.36 Å². The predicted octanol–water partition coefficient (Wildman–Crippen LogP) is 7.23. The van der Waals surface area contributed by atoms with Gasteiger partial charge >= 0.3 is 6.36 Å². The van der Waals surface area contributed by atoms with Gasteiger partial charge < -0.3 is 4.74 Å². The number of alkyl halides is 3. The van der Waals surface area contributed by atoms with E-state index in [0.29, 0.717) is 11.5 Å². The van der Waals surface area contributed by atoms with Crippen LogP contribution in [0.5, 0.6) is 5.75 Å². The van der Waals surface area contributed by atoms with Gasteiger partial charge in [-0.15, -0.1) is 13.2 Å². The van der Waals surface area contributed by atoms with Gasteiger partial charge in [0.25, 0.3) is 0 Å². The maximum atomic E-state index is 12.3. The zero-order valence-corrected chi connectivity index (χ0v) is 17.3. The Kier molecular flexibility index (Phi) is 6.09. The third-order valence-electron chi connectivity index (χ3n) is 6.55. The molecule has 2 aromatic carbocycles. The second-order valence-corrected chi connectivity index (χ2v) is 8.61. The van der Waals surface area contributed by atoms with Crippen molar-refractivity contribution in [2.75, 3.05) is 0 Å². The molecule has 0 bridgehead atoms. The van der Waals surface area contributed by atoms with E-state index in [-0.39, 0.29) is 5.75 Å². The summed E-state index contributed by atoms with van der Waals surface area (Å²) in [7, 11) is 0. The van der Waals surface area contributed by atoms with Crippen molar-refractivity contribution in [2.24, 2.45) is 11.8 Å². The minimum Gasteiger partial charge on any atom is -0.406 e. The van der Waals surface area contributed by atoms with Crippen molar-refractivity contribution in [2.45, 2.75) is 64.1 Å². The van der Waals surface area contributed by atoms with Crippen LogP contribution < -0.4 is 4.74 Å². The van der Waals surface area contributed by atoms with E-state index in [1.54, 1.807) is 12.1 Å². The van der Waals surface area contributed by atoms with Crippen LogP contribution >= 0.6 is 0 Å². The lowest BCUT2D eigenvalue weighted by molar-refractivity contribution is -0.274. The highest BCUT2D eigenvalue weighted by Crippen LogP contribution is 2.47. The zero-order chi connectivity index (χ0) is 21.1. The largest absolute Gasteiger partial charge is 0.573 e. The number of hydrogen-bond acceptors (Lipinski definition) is 1. The maximum absolute atomic E-state index is 12.3. The molecule has 158 valence electrons. The Morgan fingerprint density at radius 1 is 0.967 bits per heavy atom. The van der Waals surface area contributed by atoms with Crippen LogP contribution in [0.1, 0.15) is 73.6 Å². The SMILES string of the molecule is CCC[C@@H]1CC[C@@H]2c3ccc(C#Cc4ccc(OC(F)(F)F)cc4)cc3CC[C@@H]2C1. The van der Waals surface area contributed by atoms with Gasteiger partial charge in [-0.25, -0.2) is 0 Å². The predicted molar refractivity (Wildman–Crippen MR) is 112 cm³/mol. The molecule has 0 N–H and O–H groups in total. The topological polar surface area (TPSA) is 9.23 Å². The number of rotatable bonds is 3. The first-order valence-corrected chi connectivity index (χ1v) is 10.9. The van der Waals surface area contributed by atoms with E-state index in [2.05, 4.69) is 41.7 Å². The van der Waals surface area contributed by atoms with Crippen molar-refractivity contribution in [1.29, 1.82) is 0 Å². The summed E-state index contributed by atoms with van der Waals surface area (Å²) in [5.41, 5.74) is 4.56. The summed E-state index contributed by atoms with van der Waals surface area (Å²) in [6.45, 7) is 2.29. The van der Waals surface area contributed by atoms with E-state index in [1.165, 1.54) is 61.8 Å². The van der Waals surface area contributed by atoms with Crippen molar-refractivity contribution >= 4 is 0 Å². The lowest BCUT2D eigenvalue weighted by atomic mass is 9.64. The second kappa shape index (κ2) is 8.76. The average molecular weight is 412 g/mol. The first-order chi connectivity index (χ1) is 14.4. The lowest BCUT2D eigenvalue weighted by Crippen LogP contribution is -2.28. The summed E-state index contributed by atoms with van der Waals surface area (Å²) in [6, 6.07) is 12.2. The Hall–Kier alpha value is -2.41. The molecule has 0 unspecified atom stereocenters. The monoisotopic (exact) mass is 412 g/mol. The molecule has 30 heavy (non-hydrogen) atoms. The Bertz CT molecular complexity index is 933. The standard InChI is InChI=1S/C26H27F3O/c1-2-3-19-8-14-24-21(16-19)10-11-22-17-20(9-15-25(22)24)5-4-18-6-12-23(13-7-18)30-26(27,28)29/h6-7,9,12-13,15,17,19,21,24H,2-3,8,10-11,14,16H2,1H3/t19-,21-,24+/m1/s1. The van der Waals surface area contributed by atoms with Gasteiger partial charge in [-0.1, -0.05) is 37.7 Å². The molecule has 2 aliphatic rings. The van der Waals surface area contributed by atoms with Crippen LogP contribution in [0, 0.1) is 23.7 Å². The Balaban J connectivity index is 1.45. The fourth-order valence-electron chi connectivity index (χ4n) is 5.25. The summed E-state index contributed by atoms with van der Waals surface area (Å²) in [6.07, 6.45) is 4.42. The third-order valence-corrected chi connectivity index (χ3v) is 6.55. The van der Waals surface area contributed by atoms with Gasteiger partial charge in [0.2, 0.25) is 0 Å².